The maximum absolute atomic E-state index is 12.1. The minimum absolute atomic E-state index is 0.154. The highest BCUT2D eigenvalue weighted by Crippen LogP contribution is 2.35. The third kappa shape index (κ3) is 5.50. The van der Waals surface area contributed by atoms with Crippen LogP contribution in [0.1, 0.15) is 66.2 Å². The van der Waals surface area contributed by atoms with Crippen molar-refractivity contribution in [2.45, 2.75) is 83.9 Å². The summed E-state index contributed by atoms with van der Waals surface area (Å²) in [5.41, 5.74) is -0.400. The number of nitrogens with zero attached hydrogens (tertiary/aromatic N) is 1. The molecule has 2 aliphatic rings. The minimum Gasteiger partial charge on any atom is -0.444 e. The van der Waals surface area contributed by atoms with Crippen molar-refractivity contribution in [3.63, 3.8) is 0 Å². The Hall–Kier alpha value is -0.770. The van der Waals surface area contributed by atoms with Crippen molar-refractivity contribution in [1.82, 2.24) is 10.2 Å². The summed E-state index contributed by atoms with van der Waals surface area (Å²) in [6, 6.07) is 1.31. The molecule has 4 heteroatoms. The molecule has 0 radical (unpaired) electrons. The molecule has 1 saturated heterocycles. The molecule has 0 aromatic heterocycles. The van der Waals surface area contributed by atoms with Gasteiger partial charge in [-0.05, 0) is 58.8 Å². The smallest absolute Gasteiger partial charge is 0.410 e. The molecule has 122 valence electrons. The van der Waals surface area contributed by atoms with Crippen LogP contribution >= 0.6 is 0 Å². The normalized spacial score (nSPS) is 29.9. The van der Waals surface area contributed by atoms with E-state index in [2.05, 4.69) is 12.2 Å². The highest BCUT2D eigenvalue weighted by Gasteiger charge is 2.37. The first-order valence-corrected chi connectivity index (χ1v) is 8.63. The first-order valence-electron chi connectivity index (χ1n) is 8.63. The Bertz CT molecular complexity index is 351. The summed E-state index contributed by atoms with van der Waals surface area (Å²) < 4.78 is 5.48. The number of carbonyl (C=O) groups excluding carboxylic acids is 1. The molecule has 1 saturated carbocycles. The molecule has 1 N–H and O–H groups in total. The Kier molecular flexibility index (Phi) is 5.53. The fraction of sp³-hybridized carbons (Fsp3) is 0.941. The Balaban J connectivity index is 1.73. The van der Waals surface area contributed by atoms with E-state index < -0.39 is 5.60 Å². The largest absolute Gasteiger partial charge is 0.444 e. The second-order valence-electron chi connectivity index (χ2n) is 7.65. The lowest BCUT2D eigenvalue weighted by molar-refractivity contribution is 0.0256. The summed E-state index contributed by atoms with van der Waals surface area (Å²) in [5, 5.41) is 3.80. The Labute approximate surface area is 129 Å². The maximum atomic E-state index is 12.1. The van der Waals surface area contributed by atoms with Gasteiger partial charge in [0.25, 0.3) is 0 Å². The Morgan fingerprint density at radius 1 is 1.29 bits per heavy atom. The summed E-state index contributed by atoms with van der Waals surface area (Å²) >= 11 is 0. The van der Waals surface area contributed by atoms with Gasteiger partial charge in [0.1, 0.15) is 5.60 Å². The predicted molar refractivity (Wildman–Crippen MR) is 85.4 cm³/mol. The van der Waals surface area contributed by atoms with Crippen LogP contribution in [0, 0.1) is 5.92 Å². The molecule has 3 unspecified atom stereocenters. The number of hydrogen-bond donors (Lipinski definition) is 1. The first-order chi connectivity index (χ1) is 9.89. The molecule has 1 heterocycles. The summed E-state index contributed by atoms with van der Waals surface area (Å²) in [4.78, 5) is 14.0. The van der Waals surface area contributed by atoms with Crippen molar-refractivity contribution in [1.29, 1.82) is 0 Å². The van der Waals surface area contributed by atoms with E-state index in [-0.39, 0.29) is 6.09 Å². The van der Waals surface area contributed by atoms with Gasteiger partial charge in [-0.3, -0.25) is 0 Å². The fourth-order valence-electron chi connectivity index (χ4n) is 3.22. The fourth-order valence-corrected chi connectivity index (χ4v) is 3.22. The molecule has 2 fully saturated rings. The summed E-state index contributed by atoms with van der Waals surface area (Å²) in [6.07, 6.45) is 7.14. The van der Waals surface area contributed by atoms with Gasteiger partial charge in [-0.1, -0.05) is 13.3 Å². The topological polar surface area (TPSA) is 41.6 Å². The van der Waals surface area contributed by atoms with E-state index >= 15 is 0 Å². The van der Waals surface area contributed by atoms with Crippen LogP contribution < -0.4 is 5.32 Å². The van der Waals surface area contributed by atoms with E-state index in [0.717, 1.165) is 37.9 Å². The summed E-state index contributed by atoms with van der Waals surface area (Å²) in [6.45, 7) is 9.68. The van der Waals surface area contributed by atoms with E-state index in [9.17, 15) is 4.79 Å². The van der Waals surface area contributed by atoms with Gasteiger partial charge in [0.2, 0.25) is 0 Å². The van der Waals surface area contributed by atoms with Crippen molar-refractivity contribution in [2.24, 2.45) is 5.92 Å². The van der Waals surface area contributed by atoms with Gasteiger partial charge < -0.3 is 15.0 Å². The lowest BCUT2D eigenvalue weighted by atomic mass is 10.1. The van der Waals surface area contributed by atoms with E-state index in [4.69, 9.17) is 4.74 Å². The van der Waals surface area contributed by atoms with Crippen LogP contribution in [0.3, 0.4) is 0 Å². The van der Waals surface area contributed by atoms with E-state index in [1.807, 2.05) is 25.7 Å². The first kappa shape index (κ1) is 16.6. The highest BCUT2D eigenvalue weighted by atomic mass is 16.6. The maximum Gasteiger partial charge on any atom is 0.410 e. The molecule has 21 heavy (non-hydrogen) atoms. The summed E-state index contributed by atoms with van der Waals surface area (Å²) in [7, 11) is 0. The number of likely N-dealkylation sites (tertiary alicyclic amines) is 1. The standard InChI is InChI=1S/C17H32N2O2/c1-5-7-13-12-15(13)18-14-8-6-10-19(11-9-14)16(20)21-17(2,3)4/h13-15,18H,5-12H2,1-4H3. The molecule has 3 atom stereocenters. The van der Waals surface area contributed by atoms with Crippen LogP contribution in [0.5, 0.6) is 0 Å². The van der Waals surface area contributed by atoms with Crippen molar-refractivity contribution >= 4 is 6.09 Å². The predicted octanol–water partition coefficient (Wildman–Crippen LogP) is 3.55. The molecule has 0 spiro atoms. The van der Waals surface area contributed by atoms with Gasteiger partial charge in [0.15, 0.2) is 0 Å². The Morgan fingerprint density at radius 3 is 2.71 bits per heavy atom. The zero-order valence-electron chi connectivity index (χ0n) is 14.2. The van der Waals surface area contributed by atoms with Crippen molar-refractivity contribution in [3.8, 4) is 0 Å². The molecular weight excluding hydrogens is 264 g/mol. The number of nitrogens with one attached hydrogen (secondary N) is 1. The summed E-state index contributed by atoms with van der Waals surface area (Å²) in [5.74, 6) is 0.903. The molecule has 2 rings (SSSR count). The van der Waals surface area contributed by atoms with Crippen LogP contribution in [-0.4, -0.2) is 41.8 Å². The monoisotopic (exact) mass is 296 g/mol. The molecular formula is C17H32N2O2. The zero-order valence-corrected chi connectivity index (χ0v) is 14.2. The second kappa shape index (κ2) is 6.99. The molecule has 0 aromatic carbocycles. The molecule has 0 bridgehead atoms. The molecule has 1 amide bonds. The Morgan fingerprint density at radius 2 is 2.05 bits per heavy atom. The number of rotatable bonds is 4. The number of hydrogen-bond acceptors (Lipinski definition) is 3. The van der Waals surface area contributed by atoms with E-state index in [1.54, 1.807) is 0 Å². The van der Waals surface area contributed by atoms with Crippen molar-refractivity contribution < 1.29 is 9.53 Å². The molecule has 1 aliphatic carbocycles. The van der Waals surface area contributed by atoms with Crippen LogP contribution in [0.25, 0.3) is 0 Å². The quantitative estimate of drug-likeness (QED) is 0.862. The highest BCUT2D eigenvalue weighted by molar-refractivity contribution is 5.68. The number of amides is 1. The molecule has 4 nitrogen and oxygen atoms in total. The van der Waals surface area contributed by atoms with Crippen LogP contribution in [0.15, 0.2) is 0 Å². The van der Waals surface area contributed by atoms with Gasteiger partial charge in [-0.2, -0.15) is 0 Å². The lowest BCUT2D eigenvalue weighted by Gasteiger charge is -2.26. The second-order valence-corrected chi connectivity index (χ2v) is 7.65. The van der Waals surface area contributed by atoms with Gasteiger partial charge >= 0.3 is 6.09 Å². The van der Waals surface area contributed by atoms with Crippen LogP contribution in [0.4, 0.5) is 4.79 Å². The third-order valence-electron chi connectivity index (χ3n) is 4.41. The molecule has 0 aromatic rings. The van der Waals surface area contributed by atoms with Crippen molar-refractivity contribution in [3.05, 3.63) is 0 Å². The third-order valence-corrected chi connectivity index (χ3v) is 4.41. The van der Waals surface area contributed by atoms with Crippen LogP contribution in [-0.2, 0) is 4.74 Å². The SMILES string of the molecule is CCCC1CC1NC1CCCN(C(=O)OC(C)(C)C)CC1. The average Bonchev–Trinajstić information content (AvgIpc) is 3.12. The van der Waals surface area contributed by atoms with E-state index in [0.29, 0.717) is 6.04 Å². The number of ether oxygens (including phenoxy) is 1. The molecule has 1 aliphatic heterocycles. The van der Waals surface area contributed by atoms with Crippen molar-refractivity contribution in [2.75, 3.05) is 13.1 Å². The minimum atomic E-state index is -0.400. The van der Waals surface area contributed by atoms with Gasteiger partial charge in [0.05, 0.1) is 0 Å². The van der Waals surface area contributed by atoms with E-state index in [1.165, 1.54) is 25.7 Å². The van der Waals surface area contributed by atoms with Crippen LogP contribution in [0.2, 0.25) is 0 Å². The number of carbonyl (C=O) groups is 1. The van der Waals surface area contributed by atoms with Gasteiger partial charge in [-0.25, -0.2) is 4.79 Å². The average molecular weight is 296 g/mol. The van der Waals surface area contributed by atoms with Gasteiger partial charge in [-0.15, -0.1) is 0 Å². The van der Waals surface area contributed by atoms with Gasteiger partial charge in [0, 0.05) is 25.2 Å². The zero-order chi connectivity index (χ0) is 15.5. The lowest BCUT2D eigenvalue weighted by Crippen LogP contribution is -2.38.